The van der Waals surface area contributed by atoms with Crippen LogP contribution in [-0.2, 0) is 9.63 Å². The van der Waals surface area contributed by atoms with Gasteiger partial charge in [-0.3, -0.25) is 0 Å². The number of carboxylic acid groups (broad SMARTS) is 1. The Kier molecular flexibility index (Phi) is 5.69. The maximum Gasteiger partial charge on any atom is 0.344 e. The molecule has 1 aromatic rings. The Balaban J connectivity index is 2.62. The minimum atomic E-state index is -1.01. The molecule has 94 valence electrons. The summed E-state index contributed by atoms with van der Waals surface area (Å²) in [6, 6.07) is 1.97. The third-order valence-corrected chi connectivity index (χ3v) is 2.86. The number of carboxylic acids is 1. The number of aliphatic carboxylic acids is 1. The highest BCUT2D eigenvalue weighted by Gasteiger charge is 2.07. The molecule has 0 aliphatic carbocycles. The molecule has 1 heterocycles. The standard InChI is InChI=1S/C12H17NO3S/c1-9(2)3-4-11(10-5-6-17-8-10)13-16-7-12(14)15/h5-6,8-9H,3-4,7H2,1-2H3,(H,14,15). The summed E-state index contributed by atoms with van der Waals surface area (Å²) >= 11 is 1.59. The van der Waals surface area contributed by atoms with Gasteiger partial charge in [-0.2, -0.15) is 11.3 Å². The zero-order chi connectivity index (χ0) is 12.7. The van der Waals surface area contributed by atoms with Crippen molar-refractivity contribution in [3.05, 3.63) is 22.4 Å². The SMILES string of the molecule is CC(C)CCC(=NOCC(=O)O)c1ccsc1. The van der Waals surface area contributed by atoms with Crippen LogP contribution in [-0.4, -0.2) is 23.4 Å². The van der Waals surface area contributed by atoms with Crippen LogP contribution >= 0.6 is 11.3 Å². The van der Waals surface area contributed by atoms with Gasteiger partial charge in [-0.25, -0.2) is 4.79 Å². The minimum absolute atomic E-state index is 0.394. The second kappa shape index (κ2) is 7.06. The molecule has 5 heteroatoms. The molecule has 0 spiro atoms. The Morgan fingerprint density at radius 1 is 1.59 bits per heavy atom. The van der Waals surface area contributed by atoms with Crippen LogP contribution in [0.3, 0.4) is 0 Å². The number of thiophene rings is 1. The van der Waals surface area contributed by atoms with Crippen LogP contribution < -0.4 is 0 Å². The van der Waals surface area contributed by atoms with E-state index in [0.29, 0.717) is 5.92 Å². The highest BCUT2D eigenvalue weighted by atomic mass is 32.1. The van der Waals surface area contributed by atoms with Crippen LogP contribution in [0.25, 0.3) is 0 Å². The highest BCUT2D eigenvalue weighted by Crippen LogP contribution is 2.14. The molecular weight excluding hydrogens is 238 g/mol. The summed E-state index contributed by atoms with van der Waals surface area (Å²) in [6.45, 7) is 3.89. The molecule has 1 aromatic heterocycles. The van der Waals surface area contributed by atoms with Crippen molar-refractivity contribution in [3.63, 3.8) is 0 Å². The van der Waals surface area contributed by atoms with E-state index in [-0.39, 0.29) is 0 Å². The van der Waals surface area contributed by atoms with E-state index in [0.717, 1.165) is 24.1 Å². The minimum Gasteiger partial charge on any atom is -0.479 e. The molecule has 0 saturated carbocycles. The zero-order valence-corrected chi connectivity index (χ0v) is 10.9. The maximum atomic E-state index is 10.3. The number of rotatable bonds is 7. The van der Waals surface area contributed by atoms with E-state index < -0.39 is 12.6 Å². The highest BCUT2D eigenvalue weighted by molar-refractivity contribution is 7.08. The summed E-state index contributed by atoms with van der Waals surface area (Å²) in [5.74, 6) is -0.430. The molecular formula is C12H17NO3S. The van der Waals surface area contributed by atoms with E-state index in [4.69, 9.17) is 9.94 Å². The first kappa shape index (κ1) is 13.7. The summed E-state index contributed by atoms with van der Waals surface area (Å²) in [4.78, 5) is 15.1. The van der Waals surface area contributed by atoms with Gasteiger partial charge in [0.1, 0.15) is 0 Å². The second-order valence-corrected chi connectivity index (χ2v) is 4.93. The van der Waals surface area contributed by atoms with Crippen LogP contribution in [0.2, 0.25) is 0 Å². The molecule has 0 saturated heterocycles. The van der Waals surface area contributed by atoms with Crippen molar-refractivity contribution in [1.29, 1.82) is 0 Å². The van der Waals surface area contributed by atoms with Crippen molar-refractivity contribution in [1.82, 2.24) is 0 Å². The van der Waals surface area contributed by atoms with Gasteiger partial charge in [0.2, 0.25) is 6.61 Å². The monoisotopic (exact) mass is 255 g/mol. The van der Waals surface area contributed by atoms with E-state index in [1.807, 2.05) is 16.8 Å². The molecule has 0 radical (unpaired) electrons. The Morgan fingerprint density at radius 2 is 2.35 bits per heavy atom. The van der Waals surface area contributed by atoms with E-state index in [9.17, 15) is 4.79 Å². The van der Waals surface area contributed by atoms with E-state index >= 15 is 0 Å². The van der Waals surface area contributed by atoms with Gasteiger partial charge in [0.15, 0.2) is 0 Å². The lowest BCUT2D eigenvalue weighted by atomic mass is 10.0. The first-order valence-electron chi connectivity index (χ1n) is 5.52. The topological polar surface area (TPSA) is 58.9 Å². The van der Waals surface area contributed by atoms with Gasteiger partial charge in [0, 0.05) is 5.56 Å². The van der Waals surface area contributed by atoms with E-state index in [1.54, 1.807) is 11.3 Å². The Labute approximate surface area is 105 Å². The van der Waals surface area contributed by atoms with Crippen molar-refractivity contribution in [2.75, 3.05) is 6.61 Å². The lowest BCUT2D eigenvalue weighted by Crippen LogP contribution is -2.07. The lowest BCUT2D eigenvalue weighted by molar-refractivity contribution is -0.142. The van der Waals surface area contributed by atoms with Gasteiger partial charge in [-0.15, -0.1) is 0 Å². The molecule has 1 rings (SSSR count). The number of carbonyl (C=O) groups is 1. The molecule has 0 amide bonds. The smallest absolute Gasteiger partial charge is 0.344 e. The molecule has 17 heavy (non-hydrogen) atoms. The largest absolute Gasteiger partial charge is 0.479 e. The average molecular weight is 255 g/mol. The van der Waals surface area contributed by atoms with Crippen LogP contribution in [0.4, 0.5) is 0 Å². The molecule has 0 bridgehead atoms. The van der Waals surface area contributed by atoms with E-state index in [2.05, 4.69) is 19.0 Å². The van der Waals surface area contributed by atoms with Crippen molar-refractivity contribution in [2.45, 2.75) is 26.7 Å². The quantitative estimate of drug-likeness (QED) is 0.602. The molecule has 0 unspecified atom stereocenters. The first-order chi connectivity index (χ1) is 8.09. The van der Waals surface area contributed by atoms with Gasteiger partial charge < -0.3 is 9.94 Å². The predicted molar refractivity (Wildman–Crippen MR) is 68.5 cm³/mol. The molecule has 0 aromatic carbocycles. The summed E-state index contributed by atoms with van der Waals surface area (Å²) in [5.41, 5.74) is 1.84. The maximum absolute atomic E-state index is 10.3. The Morgan fingerprint density at radius 3 is 2.88 bits per heavy atom. The van der Waals surface area contributed by atoms with Gasteiger partial charge in [0.05, 0.1) is 5.71 Å². The molecule has 0 aliphatic rings. The van der Waals surface area contributed by atoms with Crippen LogP contribution in [0.15, 0.2) is 22.0 Å². The first-order valence-corrected chi connectivity index (χ1v) is 6.47. The third-order valence-electron chi connectivity index (χ3n) is 2.18. The van der Waals surface area contributed by atoms with Crippen molar-refractivity contribution in [3.8, 4) is 0 Å². The number of hydrogen-bond acceptors (Lipinski definition) is 4. The fourth-order valence-electron chi connectivity index (χ4n) is 1.26. The van der Waals surface area contributed by atoms with Gasteiger partial charge in [-0.1, -0.05) is 19.0 Å². The van der Waals surface area contributed by atoms with Crippen LogP contribution in [0.1, 0.15) is 32.3 Å². The van der Waals surface area contributed by atoms with Crippen molar-refractivity contribution >= 4 is 23.0 Å². The molecule has 1 N–H and O–H groups in total. The average Bonchev–Trinajstić information content (AvgIpc) is 2.75. The molecule has 0 atom stereocenters. The van der Waals surface area contributed by atoms with Gasteiger partial charge in [0.25, 0.3) is 0 Å². The van der Waals surface area contributed by atoms with Crippen molar-refractivity contribution in [2.24, 2.45) is 11.1 Å². The summed E-state index contributed by atoms with van der Waals surface area (Å²) < 4.78 is 0. The van der Waals surface area contributed by atoms with E-state index in [1.165, 1.54) is 0 Å². The number of nitrogens with zero attached hydrogens (tertiary/aromatic N) is 1. The second-order valence-electron chi connectivity index (χ2n) is 4.15. The number of oxime groups is 1. The van der Waals surface area contributed by atoms with Gasteiger partial charge in [-0.05, 0) is 35.6 Å². The van der Waals surface area contributed by atoms with Crippen LogP contribution in [0, 0.1) is 5.92 Å². The summed E-state index contributed by atoms with van der Waals surface area (Å²) in [5, 5.41) is 16.4. The van der Waals surface area contributed by atoms with Crippen LogP contribution in [0.5, 0.6) is 0 Å². The predicted octanol–water partition coefficient (Wildman–Crippen LogP) is 2.99. The third kappa shape index (κ3) is 5.49. The number of hydrogen-bond donors (Lipinski definition) is 1. The zero-order valence-electron chi connectivity index (χ0n) is 10.0. The van der Waals surface area contributed by atoms with Crippen molar-refractivity contribution < 1.29 is 14.7 Å². The molecule has 0 aliphatic heterocycles. The van der Waals surface area contributed by atoms with Gasteiger partial charge >= 0.3 is 5.97 Å². The molecule has 0 fully saturated rings. The summed E-state index contributed by atoms with van der Waals surface area (Å²) in [7, 11) is 0. The Bertz CT molecular complexity index is 371. The fraction of sp³-hybridized carbons (Fsp3) is 0.500. The normalized spacial score (nSPS) is 11.8. The summed E-state index contributed by atoms with van der Waals surface area (Å²) in [6.07, 6.45) is 1.80. The lowest BCUT2D eigenvalue weighted by Gasteiger charge is -2.06. The molecule has 4 nitrogen and oxygen atoms in total. The Hall–Kier alpha value is -1.36. The fourth-order valence-corrected chi connectivity index (χ4v) is 1.93.